The molecule has 0 spiro atoms. The minimum absolute atomic E-state index is 0. The number of halogens is 2. The van der Waals surface area contributed by atoms with E-state index in [1.54, 1.807) is 17.5 Å². The molecule has 0 bridgehead atoms. The number of thiazole rings is 1. The van der Waals surface area contributed by atoms with Crippen molar-refractivity contribution in [1.82, 2.24) is 9.97 Å². The van der Waals surface area contributed by atoms with Gasteiger partial charge in [0.15, 0.2) is 12.2 Å². The van der Waals surface area contributed by atoms with Crippen molar-refractivity contribution in [3.8, 4) is 0 Å². The Morgan fingerprint density at radius 3 is 1.69 bits per heavy atom. The maximum Gasteiger partial charge on any atom is 0.466 e. The molecule has 0 aromatic carbocycles. The Morgan fingerprint density at radius 1 is 0.943 bits per heavy atom. The molecule has 0 saturated carbocycles. The van der Waals surface area contributed by atoms with Crippen molar-refractivity contribution in [2.45, 2.75) is 26.8 Å². The van der Waals surface area contributed by atoms with Gasteiger partial charge in [0.1, 0.15) is 11.6 Å². The normalized spacial score (nSPS) is 10.6. The molecule has 12 N–H and O–H groups in total. The zero-order valence-electron chi connectivity index (χ0n) is 17.9. The molecule has 0 amide bonds. The third kappa shape index (κ3) is 31.4. The molecule has 0 fully saturated rings. The average Bonchev–Trinajstić information content (AvgIpc) is 2.86. The second-order valence-electron chi connectivity index (χ2n) is 5.70. The topological polar surface area (TPSA) is 309 Å². The van der Waals surface area contributed by atoms with Crippen LogP contribution in [-0.4, -0.2) is 65.7 Å². The Morgan fingerprint density at radius 2 is 1.34 bits per heavy atom. The Kier molecular flexibility index (Phi) is 22.1. The van der Waals surface area contributed by atoms with Gasteiger partial charge in [-0.25, -0.2) is 23.7 Å². The first-order valence-corrected chi connectivity index (χ1v) is 13.7. The summed E-state index contributed by atoms with van der Waals surface area (Å²) in [6.07, 6.45) is 2.47. The Bertz CT molecular complexity index is 941. The lowest BCUT2D eigenvalue weighted by Gasteiger charge is -2.01. The van der Waals surface area contributed by atoms with E-state index in [1.807, 2.05) is 19.4 Å². The molecule has 2 rings (SSSR count). The summed E-state index contributed by atoms with van der Waals surface area (Å²) < 4.78 is 28.8. The van der Waals surface area contributed by atoms with Crippen molar-refractivity contribution in [2.75, 3.05) is 12.3 Å². The highest BCUT2D eigenvalue weighted by Gasteiger charge is 2.17. The summed E-state index contributed by atoms with van der Waals surface area (Å²) in [7, 11) is -13.9. The summed E-state index contributed by atoms with van der Waals surface area (Å²) in [5, 5.41) is 8.98. The highest BCUT2D eigenvalue weighted by atomic mass is 35.5. The molecule has 0 aliphatic rings. The predicted molar refractivity (Wildman–Crippen MR) is 120 cm³/mol. The molecule has 0 aliphatic carbocycles. The van der Waals surface area contributed by atoms with E-state index >= 15 is 0 Å². The van der Waals surface area contributed by atoms with Crippen LogP contribution in [0.4, 0.5) is 5.82 Å². The number of anilines is 1. The van der Waals surface area contributed by atoms with Crippen LogP contribution in [0.3, 0.4) is 0 Å². The zero-order chi connectivity index (χ0) is 26.6. The van der Waals surface area contributed by atoms with Crippen LogP contribution in [-0.2, 0) is 26.7 Å². The number of rotatable bonds is 4. The van der Waals surface area contributed by atoms with Crippen LogP contribution in [0.2, 0.25) is 0 Å². The van der Waals surface area contributed by atoms with E-state index in [-0.39, 0.29) is 31.4 Å². The lowest BCUT2D eigenvalue weighted by atomic mass is 10.2. The molecule has 0 atom stereocenters. The molecular weight excluding hydrogens is 604 g/mol. The summed E-state index contributed by atoms with van der Waals surface area (Å²) in [5.41, 5.74) is 10.0. The lowest BCUT2D eigenvalue weighted by Crippen LogP contribution is -3.00. The highest BCUT2D eigenvalue weighted by Crippen LogP contribution is 2.26. The standard InChI is InChI=1S/C12H17N4OS.2ClH.3H3O4P/c1-8-11(3-4-17)18-7-16(8)6-10-5-14-9(2)15-12(10)13;;;3*1-5(2,3)4/h5,7,17H,3-4,6H2,1-2H3,(H2,13,14,15);2*1H;3*(H3,1,2,3,4)/q+1;;;;;/p-1. The van der Waals surface area contributed by atoms with Gasteiger partial charge >= 0.3 is 23.5 Å². The third-order valence-corrected chi connectivity index (χ3v) is 4.00. The van der Waals surface area contributed by atoms with E-state index in [9.17, 15) is 0 Å². The fourth-order valence-electron chi connectivity index (χ4n) is 1.77. The van der Waals surface area contributed by atoms with Crippen LogP contribution in [0.5, 0.6) is 0 Å². The van der Waals surface area contributed by atoms with Crippen molar-refractivity contribution in [3.63, 3.8) is 0 Å². The SMILES string of the molecule is Cc1ncc(C[n+]2csc(CCO)c2C)c(N)n1.Cl.O=P(O)(O)O.O=P(O)(O)O.O=P(O)(O)O.[Cl-]. The number of aryl methyl sites for hydroxylation is 1. The van der Waals surface area contributed by atoms with Gasteiger partial charge < -0.3 is 67.3 Å². The van der Waals surface area contributed by atoms with Gasteiger partial charge in [-0.15, -0.1) is 12.4 Å². The quantitative estimate of drug-likeness (QED) is 0.111. The van der Waals surface area contributed by atoms with Crippen LogP contribution in [0, 0.1) is 13.8 Å². The maximum absolute atomic E-state index is 8.98. The molecule has 0 unspecified atom stereocenters. The highest BCUT2D eigenvalue weighted by molar-refractivity contribution is 7.45. The van der Waals surface area contributed by atoms with E-state index < -0.39 is 23.5 Å². The van der Waals surface area contributed by atoms with Crippen molar-refractivity contribution < 1.29 is 79.8 Å². The zero-order valence-corrected chi connectivity index (χ0v) is 23.0. The Balaban J connectivity index is -0.000000235. The molecule has 17 nitrogen and oxygen atoms in total. The van der Waals surface area contributed by atoms with Crippen molar-refractivity contribution in [3.05, 3.63) is 33.7 Å². The minimum atomic E-state index is -4.64. The van der Waals surface area contributed by atoms with Gasteiger partial charge in [-0.1, -0.05) is 11.3 Å². The van der Waals surface area contributed by atoms with Crippen molar-refractivity contribution in [1.29, 1.82) is 0 Å². The van der Waals surface area contributed by atoms with Gasteiger partial charge in [-0.2, -0.15) is 4.57 Å². The van der Waals surface area contributed by atoms with Gasteiger partial charge in [-0.3, -0.25) is 0 Å². The van der Waals surface area contributed by atoms with E-state index in [0.29, 0.717) is 24.6 Å². The first kappa shape index (κ1) is 41.5. The number of aliphatic hydroxyl groups excluding tert-OH is 1. The smallest absolute Gasteiger partial charge is 0.466 e. The number of nitrogens with two attached hydrogens (primary N) is 1. The summed E-state index contributed by atoms with van der Waals surface area (Å²) in [6.45, 7) is 4.71. The molecular formula is C12H27Cl2N4O13P3S. The number of nitrogens with zero attached hydrogens (tertiary/aromatic N) is 3. The summed E-state index contributed by atoms with van der Waals surface area (Å²) in [5.74, 6) is 1.22. The van der Waals surface area contributed by atoms with Gasteiger partial charge in [0, 0.05) is 26.1 Å². The predicted octanol–water partition coefficient (Wildman–Crippen LogP) is -4.75. The van der Waals surface area contributed by atoms with Gasteiger partial charge in [-0.05, 0) is 6.92 Å². The molecule has 2 aromatic rings. The molecule has 2 heterocycles. The van der Waals surface area contributed by atoms with Crippen LogP contribution in [0.1, 0.15) is 22.0 Å². The molecule has 2 aromatic heterocycles. The maximum atomic E-state index is 8.98. The largest absolute Gasteiger partial charge is 1.00 e. The molecule has 0 aliphatic heterocycles. The average molecular weight is 631 g/mol. The molecule has 0 radical (unpaired) electrons. The second-order valence-corrected chi connectivity index (χ2v) is 9.72. The van der Waals surface area contributed by atoms with E-state index in [2.05, 4.69) is 14.5 Å². The van der Waals surface area contributed by atoms with Crippen LogP contribution >= 0.6 is 47.2 Å². The number of hydrogen-bond acceptors (Lipinski definition) is 8. The number of nitrogen functional groups attached to an aromatic ring is 1. The van der Waals surface area contributed by atoms with Crippen LogP contribution in [0.25, 0.3) is 0 Å². The monoisotopic (exact) mass is 630 g/mol. The van der Waals surface area contributed by atoms with Gasteiger partial charge in [0.05, 0.1) is 10.4 Å². The third-order valence-electron chi connectivity index (χ3n) is 2.85. The Labute approximate surface area is 215 Å². The number of aromatic nitrogens is 3. The van der Waals surface area contributed by atoms with Gasteiger partial charge in [0.2, 0.25) is 5.51 Å². The fraction of sp³-hybridized carbons (Fsp3) is 0.417. The van der Waals surface area contributed by atoms with Crippen LogP contribution in [0.15, 0.2) is 11.7 Å². The minimum Gasteiger partial charge on any atom is -1.00 e. The first-order chi connectivity index (χ1) is 14.6. The van der Waals surface area contributed by atoms with E-state index in [4.69, 9.17) is 68.6 Å². The second kappa shape index (κ2) is 18.6. The number of hydrogen-bond donors (Lipinski definition) is 11. The first-order valence-electron chi connectivity index (χ1n) is 8.12. The molecule has 35 heavy (non-hydrogen) atoms. The van der Waals surface area contributed by atoms with Gasteiger partial charge in [0.25, 0.3) is 0 Å². The summed E-state index contributed by atoms with van der Waals surface area (Å²) in [4.78, 5) is 74.2. The van der Waals surface area contributed by atoms with Crippen molar-refractivity contribution in [2.24, 2.45) is 0 Å². The Hall–Kier alpha value is -0.620. The molecule has 23 heteroatoms. The van der Waals surface area contributed by atoms with Crippen molar-refractivity contribution >= 4 is 53.0 Å². The summed E-state index contributed by atoms with van der Waals surface area (Å²) in [6, 6.07) is 0. The summed E-state index contributed by atoms with van der Waals surface area (Å²) >= 11 is 1.65. The van der Waals surface area contributed by atoms with E-state index in [0.717, 1.165) is 11.3 Å². The number of aliphatic hydroxyl groups is 1. The molecule has 0 saturated heterocycles. The number of phosphoric acid groups is 3. The van der Waals surface area contributed by atoms with Crippen LogP contribution < -0.4 is 22.7 Å². The fourth-order valence-corrected chi connectivity index (χ4v) is 2.75. The molecule has 208 valence electrons. The lowest BCUT2D eigenvalue weighted by molar-refractivity contribution is -0.689. The van der Waals surface area contributed by atoms with E-state index in [1.165, 1.54) is 4.88 Å².